The topological polar surface area (TPSA) is 79.7 Å². The maximum atomic E-state index is 13.2. The molecule has 4 atom stereocenters. The van der Waals surface area contributed by atoms with E-state index in [2.05, 4.69) is 16.2 Å². The molecule has 7 heteroatoms. The number of likely N-dealkylation sites (tertiary alicyclic amines) is 1. The predicted molar refractivity (Wildman–Crippen MR) is 99.5 cm³/mol. The molecule has 27 heavy (non-hydrogen) atoms. The predicted octanol–water partition coefficient (Wildman–Crippen LogP) is 1.90. The number of rotatable bonds is 3. The van der Waals surface area contributed by atoms with Crippen LogP contribution >= 0.6 is 0 Å². The van der Waals surface area contributed by atoms with Crippen molar-refractivity contribution in [3.05, 3.63) is 45.5 Å². The Morgan fingerprint density at radius 3 is 2.96 bits per heavy atom. The molecule has 2 fully saturated rings. The quantitative estimate of drug-likeness (QED) is 0.839. The largest absolute Gasteiger partial charge is 0.366 e. The van der Waals surface area contributed by atoms with E-state index in [1.165, 1.54) is 4.52 Å². The van der Waals surface area contributed by atoms with Gasteiger partial charge >= 0.3 is 0 Å². The number of nitrogens with zero attached hydrogens (tertiary/aromatic N) is 3. The lowest BCUT2D eigenvalue weighted by Gasteiger charge is -2.28. The minimum absolute atomic E-state index is 0.0351. The van der Waals surface area contributed by atoms with E-state index in [0.29, 0.717) is 12.1 Å². The minimum atomic E-state index is -0.0836. The van der Waals surface area contributed by atoms with Crippen molar-refractivity contribution < 1.29 is 9.53 Å². The first-order chi connectivity index (χ1) is 13.1. The van der Waals surface area contributed by atoms with Crippen LogP contribution in [0.25, 0.3) is 5.65 Å². The summed E-state index contributed by atoms with van der Waals surface area (Å²) in [6.45, 7) is 4.59. The molecule has 2 saturated heterocycles. The van der Waals surface area contributed by atoms with Crippen molar-refractivity contribution in [1.29, 1.82) is 0 Å². The van der Waals surface area contributed by atoms with Crippen LogP contribution in [0.1, 0.15) is 49.2 Å². The van der Waals surface area contributed by atoms with Crippen LogP contribution in [0.5, 0.6) is 0 Å². The van der Waals surface area contributed by atoms with Gasteiger partial charge in [0.05, 0.1) is 29.9 Å². The lowest BCUT2D eigenvalue weighted by Crippen LogP contribution is -2.39. The Morgan fingerprint density at radius 1 is 1.41 bits per heavy atom. The van der Waals surface area contributed by atoms with E-state index in [4.69, 9.17) is 4.74 Å². The zero-order valence-corrected chi connectivity index (χ0v) is 15.6. The molecule has 2 aromatic heterocycles. The molecular weight excluding hydrogens is 344 g/mol. The maximum absolute atomic E-state index is 13.2. The van der Waals surface area contributed by atoms with E-state index in [1.807, 2.05) is 30.9 Å². The zero-order chi connectivity index (χ0) is 18.7. The van der Waals surface area contributed by atoms with Gasteiger partial charge in [-0.3, -0.25) is 14.7 Å². The van der Waals surface area contributed by atoms with Gasteiger partial charge in [-0.1, -0.05) is 19.1 Å². The fourth-order valence-corrected chi connectivity index (χ4v) is 4.85. The number of carbonyl (C=O) groups is 1. The Kier molecular flexibility index (Phi) is 3.75. The molecule has 3 aliphatic heterocycles. The van der Waals surface area contributed by atoms with Crippen molar-refractivity contribution in [3.8, 4) is 0 Å². The normalized spacial score (nSPS) is 29.3. The smallest absolute Gasteiger partial charge is 0.276 e. The highest BCUT2D eigenvalue weighted by Crippen LogP contribution is 2.39. The van der Waals surface area contributed by atoms with Crippen LogP contribution in [0.3, 0.4) is 0 Å². The molecule has 0 saturated carbocycles. The summed E-state index contributed by atoms with van der Waals surface area (Å²) >= 11 is 0. The fourth-order valence-electron chi connectivity index (χ4n) is 4.85. The number of ether oxygens (including phenoxy) is 1. The van der Waals surface area contributed by atoms with E-state index < -0.39 is 0 Å². The summed E-state index contributed by atoms with van der Waals surface area (Å²) in [5.41, 5.74) is 2.96. The van der Waals surface area contributed by atoms with Gasteiger partial charge in [0.15, 0.2) is 5.65 Å². The van der Waals surface area contributed by atoms with Crippen molar-refractivity contribution in [2.45, 2.75) is 57.8 Å². The molecule has 1 amide bonds. The second kappa shape index (κ2) is 6.05. The Morgan fingerprint density at radius 2 is 2.26 bits per heavy atom. The highest BCUT2D eigenvalue weighted by molar-refractivity contribution is 5.81. The number of nitrogens with one attached hydrogen (secondary N) is 1. The molecule has 2 aromatic rings. The molecule has 0 aliphatic carbocycles. The van der Waals surface area contributed by atoms with Crippen molar-refractivity contribution in [2.24, 2.45) is 5.92 Å². The number of H-pyrrole nitrogens is 1. The van der Waals surface area contributed by atoms with Gasteiger partial charge in [0.2, 0.25) is 5.91 Å². The first-order valence-corrected chi connectivity index (χ1v) is 9.82. The van der Waals surface area contributed by atoms with Crippen LogP contribution in [0.15, 0.2) is 23.0 Å². The number of hydrogen-bond donors (Lipinski definition) is 1. The number of aromatic nitrogens is 3. The molecule has 7 nitrogen and oxygen atoms in total. The van der Waals surface area contributed by atoms with Gasteiger partial charge in [0, 0.05) is 23.9 Å². The van der Waals surface area contributed by atoms with E-state index in [-0.39, 0.29) is 35.6 Å². The molecule has 0 spiro atoms. The summed E-state index contributed by atoms with van der Waals surface area (Å²) in [7, 11) is 0. The maximum Gasteiger partial charge on any atom is 0.276 e. The van der Waals surface area contributed by atoms with E-state index in [1.54, 1.807) is 0 Å². The molecule has 142 valence electrons. The van der Waals surface area contributed by atoms with Crippen molar-refractivity contribution >= 4 is 11.6 Å². The van der Waals surface area contributed by atoms with Crippen molar-refractivity contribution in [2.75, 3.05) is 6.54 Å². The molecule has 0 aromatic carbocycles. The number of aryl methyl sites for hydroxylation is 1. The molecule has 0 unspecified atom stereocenters. The Hall–Kier alpha value is -2.41. The van der Waals surface area contributed by atoms with Gasteiger partial charge in [0.1, 0.15) is 0 Å². The third-order valence-corrected chi connectivity index (χ3v) is 6.23. The van der Waals surface area contributed by atoms with Crippen LogP contribution < -0.4 is 5.56 Å². The molecule has 3 aliphatic rings. The van der Waals surface area contributed by atoms with Gasteiger partial charge in [-0.25, -0.2) is 9.50 Å². The standard InChI is InChI=1S/C20H24N4O3/c1-3-13-11(2)21-18-10-15(22-24(18)20(13)26)16-5-4-8-23(16)19(25)14-9-12-6-7-17(14)27-12/h6-7,10,12,14,16-17,22H,3-5,8-9H2,1-2H3/t12-,14+,16+,17-/m0/s1. The first-order valence-electron chi connectivity index (χ1n) is 9.82. The molecule has 5 heterocycles. The second-order valence-electron chi connectivity index (χ2n) is 7.80. The summed E-state index contributed by atoms with van der Waals surface area (Å²) in [6, 6.07) is 1.88. The van der Waals surface area contributed by atoms with Crippen LogP contribution in [-0.4, -0.2) is 44.2 Å². The van der Waals surface area contributed by atoms with Crippen LogP contribution in [0, 0.1) is 12.8 Å². The second-order valence-corrected chi connectivity index (χ2v) is 7.80. The number of carbonyl (C=O) groups excluding carboxylic acids is 1. The highest BCUT2D eigenvalue weighted by atomic mass is 16.5. The lowest BCUT2D eigenvalue weighted by atomic mass is 9.92. The zero-order valence-electron chi connectivity index (χ0n) is 15.6. The molecule has 1 N–H and O–H groups in total. The summed E-state index contributed by atoms with van der Waals surface area (Å²) in [5, 5.41) is 3.22. The summed E-state index contributed by atoms with van der Waals surface area (Å²) in [4.78, 5) is 32.4. The Labute approximate surface area is 157 Å². The molecule has 5 rings (SSSR count). The summed E-state index contributed by atoms with van der Waals surface area (Å²) < 4.78 is 7.31. The van der Waals surface area contributed by atoms with Crippen LogP contribution in [0.2, 0.25) is 0 Å². The summed E-state index contributed by atoms with van der Waals surface area (Å²) in [5.74, 6) is 0.0819. The van der Waals surface area contributed by atoms with Gasteiger partial charge in [-0.05, 0) is 32.6 Å². The van der Waals surface area contributed by atoms with E-state index in [9.17, 15) is 9.59 Å². The minimum Gasteiger partial charge on any atom is -0.366 e. The average molecular weight is 368 g/mol. The Bertz CT molecular complexity index is 1000. The highest BCUT2D eigenvalue weighted by Gasteiger charge is 2.45. The first kappa shape index (κ1) is 16.7. The van der Waals surface area contributed by atoms with Crippen molar-refractivity contribution in [1.82, 2.24) is 19.5 Å². The Balaban J connectivity index is 1.48. The van der Waals surface area contributed by atoms with Gasteiger partial charge < -0.3 is 9.64 Å². The molecule has 2 bridgehead atoms. The van der Waals surface area contributed by atoms with Gasteiger partial charge in [-0.15, -0.1) is 0 Å². The van der Waals surface area contributed by atoms with E-state index in [0.717, 1.165) is 42.8 Å². The average Bonchev–Trinajstić information content (AvgIpc) is 3.42. The molecule has 0 radical (unpaired) electrons. The number of aromatic amines is 1. The SMILES string of the molecule is CCc1c(C)nc2cc([C@H]3CCCN3C(=O)[C@@H]3C[C@@H]4C=C[C@@H]3O4)[nH]n2c1=O. The van der Waals surface area contributed by atoms with Crippen LogP contribution in [-0.2, 0) is 16.0 Å². The number of hydrogen-bond acceptors (Lipinski definition) is 4. The molecular formula is C20H24N4O3. The van der Waals surface area contributed by atoms with Crippen LogP contribution in [0.4, 0.5) is 0 Å². The third-order valence-electron chi connectivity index (χ3n) is 6.23. The lowest BCUT2D eigenvalue weighted by molar-refractivity contribution is -0.137. The third kappa shape index (κ3) is 2.48. The van der Waals surface area contributed by atoms with E-state index >= 15 is 0 Å². The monoisotopic (exact) mass is 368 g/mol. The van der Waals surface area contributed by atoms with Gasteiger partial charge in [-0.2, -0.15) is 0 Å². The number of amides is 1. The summed E-state index contributed by atoms with van der Waals surface area (Å²) in [6.07, 6.45) is 7.37. The number of fused-ring (bicyclic) bond motifs is 3. The van der Waals surface area contributed by atoms with Crippen molar-refractivity contribution in [3.63, 3.8) is 0 Å². The van der Waals surface area contributed by atoms with Gasteiger partial charge in [0.25, 0.3) is 5.56 Å². The fraction of sp³-hybridized carbons (Fsp3) is 0.550.